The maximum Gasteiger partial charge on any atom is 0.0520 e. The van der Waals surface area contributed by atoms with Crippen LogP contribution in [0, 0.1) is 5.41 Å². The zero-order chi connectivity index (χ0) is 12.3. The molecule has 0 radical (unpaired) electrons. The normalized spacial score (nSPS) is 16.3. The van der Waals surface area contributed by atoms with Crippen molar-refractivity contribution in [2.24, 2.45) is 10.4 Å². The van der Waals surface area contributed by atoms with Gasteiger partial charge in [0.1, 0.15) is 0 Å². The van der Waals surface area contributed by atoms with Gasteiger partial charge in [-0.25, -0.2) is 0 Å². The monoisotopic (exact) mass is 212 g/mol. The minimum Gasteiger partial charge on any atom is -0.306 e. The van der Waals surface area contributed by atoms with Gasteiger partial charge in [-0.1, -0.05) is 34.6 Å². The lowest BCUT2D eigenvalue weighted by atomic mass is 9.87. The summed E-state index contributed by atoms with van der Waals surface area (Å²) in [6.45, 7) is 17.4. The molecule has 15 heavy (non-hydrogen) atoms. The van der Waals surface area contributed by atoms with Crippen LogP contribution in [0.1, 0.15) is 55.4 Å². The highest BCUT2D eigenvalue weighted by atomic mass is 15.0. The maximum atomic E-state index is 4.59. The quantitative estimate of drug-likeness (QED) is 0.713. The second-order valence-electron chi connectivity index (χ2n) is 6.61. The standard InChI is InChI=1S/C13H28N2/c1-10(2)15-11(12(3,4)5)9-14-13(6,7)8/h9-11,15H,1-8H3/t11-/m0/s1. The molecule has 1 atom stereocenters. The fraction of sp³-hybridized carbons (Fsp3) is 0.923. The zero-order valence-corrected chi connectivity index (χ0v) is 11.7. The van der Waals surface area contributed by atoms with Gasteiger partial charge in [0.25, 0.3) is 0 Å². The first-order chi connectivity index (χ1) is 6.52. The third-order valence-corrected chi connectivity index (χ3v) is 2.06. The Morgan fingerprint density at radius 2 is 1.47 bits per heavy atom. The first-order valence-corrected chi connectivity index (χ1v) is 5.84. The summed E-state index contributed by atoms with van der Waals surface area (Å²) in [6.07, 6.45) is 2.07. The van der Waals surface area contributed by atoms with Crippen molar-refractivity contribution in [3.8, 4) is 0 Å². The van der Waals surface area contributed by atoms with Crippen molar-refractivity contribution in [3.63, 3.8) is 0 Å². The average molecular weight is 212 g/mol. The van der Waals surface area contributed by atoms with Crippen LogP contribution in [0.25, 0.3) is 0 Å². The zero-order valence-electron chi connectivity index (χ0n) is 11.7. The molecular formula is C13H28N2. The molecular weight excluding hydrogens is 184 g/mol. The van der Waals surface area contributed by atoms with Gasteiger partial charge in [0.2, 0.25) is 0 Å². The minimum atomic E-state index is 0.0160. The summed E-state index contributed by atoms with van der Waals surface area (Å²) in [5.41, 5.74) is 0.223. The number of rotatable bonds is 3. The van der Waals surface area contributed by atoms with Crippen LogP contribution < -0.4 is 5.32 Å². The van der Waals surface area contributed by atoms with Crippen molar-refractivity contribution >= 4 is 6.21 Å². The molecule has 0 saturated heterocycles. The molecule has 0 aliphatic heterocycles. The van der Waals surface area contributed by atoms with Crippen LogP contribution in [0.3, 0.4) is 0 Å². The van der Waals surface area contributed by atoms with Crippen LogP contribution in [0.15, 0.2) is 4.99 Å². The lowest BCUT2D eigenvalue weighted by Gasteiger charge is -2.31. The Balaban J connectivity index is 4.60. The van der Waals surface area contributed by atoms with E-state index in [4.69, 9.17) is 0 Å². The third-order valence-electron chi connectivity index (χ3n) is 2.06. The van der Waals surface area contributed by atoms with E-state index >= 15 is 0 Å². The van der Waals surface area contributed by atoms with E-state index in [1.807, 2.05) is 0 Å². The molecule has 0 bridgehead atoms. The SMILES string of the molecule is CC(C)N[C@@H](C=NC(C)(C)C)C(C)(C)C. The summed E-state index contributed by atoms with van der Waals surface area (Å²) in [4.78, 5) is 4.59. The summed E-state index contributed by atoms with van der Waals surface area (Å²) in [7, 11) is 0. The highest BCUT2D eigenvalue weighted by Crippen LogP contribution is 2.19. The first-order valence-electron chi connectivity index (χ1n) is 5.84. The molecule has 0 aliphatic rings. The van der Waals surface area contributed by atoms with E-state index in [2.05, 4.69) is 71.9 Å². The van der Waals surface area contributed by atoms with E-state index in [1.54, 1.807) is 0 Å². The number of hydrogen-bond acceptors (Lipinski definition) is 2. The number of nitrogens with zero attached hydrogens (tertiary/aromatic N) is 1. The molecule has 0 heterocycles. The summed E-state index contributed by atoms with van der Waals surface area (Å²) >= 11 is 0. The van der Waals surface area contributed by atoms with Crippen LogP contribution in [0.2, 0.25) is 0 Å². The fourth-order valence-electron chi connectivity index (χ4n) is 1.17. The third kappa shape index (κ3) is 7.55. The second-order valence-corrected chi connectivity index (χ2v) is 6.61. The Morgan fingerprint density at radius 1 is 1.00 bits per heavy atom. The second kappa shape index (κ2) is 5.11. The summed E-state index contributed by atoms with van der Waals surface area (Å²) in [5, 5.41) is 3.54. The van der Waals surface area contributed by atoms with Crippen LogP contribution in [0.4, 0.5) is 0 Å². The molecule has 1 N–H and O–H groups in total. The molecule has 0 aliphatic carbocycles. The Bertz CT molecular complexity index is 204. The van der Waals surface area contributed by atoms with Gasteiger partial charge >= 0.3 is 0 Å². The molecule has 0 fully saturated rings. The molecule has 2 heteroatoms. The summed E-state index contributed by atoms with van der Waals surface area (Å²) < 4.78 is 0. The van der Waals surface area contributed by atoms with Crippen LogP contribution in [-0.4, -0.2) is 23.8 Å². The molecule has 0 saturated carbocycles. The van der Waals surface area contributed by atoms with Gasteiger partial charge in [-0.2, -0.15) is 0 Å². The molecule has 0 aromatic rings. The van der Waals surface area contributed by atoms with Gasteiger partial charge in [0, 0.05) is 18.3 Å². The Hall–Kier alpha value is -0.370. The molecule has 0 aromatic carbocycles. The van der Waals surface area contributed by atoms with Gasteiger partial charge in [-0.3, -0.25) is 4.99 Å². The predicted octanol–water partition coefficient (Wildman–Crippen LogP) is 3.27. The van der Waals surface area contributed by atoms with Gasteiger partial charge < -0.3 is 5.32 Å². The smallest absolute Gasteiger partial charge is 0.0520 e. The largest absolute Gasteiger partial charge is 0.306 e. The van der Waals surface area contributed by atoms with Gasteiger partial charge in [-0.15, -0.1) is 0 Å². The van der Waals surface area contributed by atoms with E-state index < -0.39 is 0 Å². The van der Waals surface area contributed by atoms with E-state index in [1.165, 1.54) is 0 Å². The van der Waals surface area contributed by atoms with Crippen molar-refractivity contribution in [3.05, 3.63) is 0 Å². The van der Waals surface area contributed by atoms with E-state index in [-0.39, 0.29) is 11.0 Å². The molecule has 0 spiro atoms. The lowest BCUT2D eigenvalue weighted by molar-refractivity contribution is 0.317. The molecule has 2 nitrogen and oxygen atoms in total. The highest BCUT2D eigenvalue weighted by Gasteiger charge is 2.23. The van der Waals surface area contributed by atoms with Gasteiger partial charge in [0.15, 0.2) is 0 Å². The van der Waals surface area contributed by atoms with Gasteiger partial charge in [0.05, 0.1) is 5.54 Å². The van der Waals surface area contributed by atoms with E-state index in [0.717, 1.165) is 0 Å². The van der Waals surface area contributed by atoms with Crippen molar-refractivity contribution < 1.29 is 0 Å². The lowest BCUT2D eigenvalue weighted by Crippen LogP contribution is -2.45. The number of hydrogen-bond donors (Lipinski definition) is 1. The molecule has 0 unspecified atom stereocenters. The van der Waals surface area contributed by atoms with Crippen LogP contribution >= 0.6 is 0 Å². The molecule has 0 amide bonds. The predicted molar refractivity (Wildman–Crippen MR) is 69.8 cm³/mol. The molecule has 0 rings (SSSR count). The van der Waals surface area contributed by atoms with Crippen molar-refractivity contribution in [1.82, 2.24) is 5.32 Å². The fourth-order valence-corrected chi connectivity index (χ4v) is 1.17. The number of aliphatic imine (C=N–C) groups is 1. The van der Waals surface area contributed by atoms with Gasteiger partial charge in [-0.05, 0) is 26.2 Å². The summed E-state index contributed by atoms with van der Waals surface area (Å²) in [6, 6.07) is 0.817. The highest BCUT2D eigenvalue weighted by molar-refractivity contribution is 5.66. The Kier molecular flexibility index (Phi) is 4.98. The molecule has 0 aromatic heterocycles. The minimum absolute atomic E-state index is 0.0160. The number of nitrogens with one attached hydrogen (secondary N) is 1. The first kappa shape index (κ1) is 14.6. The van der Waals surface area contributed by atoms with Crippen LogP contribution in [-0.2, 0) is 0 Å². The average Bonchev–Trinajstić information content (AvgIpc) is 1.93. The van der Waals surface area contributed by atoms with Crippen molar-refractivity contribution in [2.75, 3.05) is 0 Å². The maximum absolute atomic E-state index is 4.59. The summed E-state index contributed by atoms with van der Waals surface area (Å²) in [5.74, 6) is 0. The topological polar surface area (TPSA) is 24.4 Å². The Labute approximate surface area is 95.6 Å². The van der Waals surface area contributed by atoms with Crippen LogP contribution in [0.5, 0.6) is 0 Å². The molecule has 90 valence electrons. The van der Waals surface area contributed by atoms with E-state index in [0.29, 0.717) is 12.1 Å². The Morgan fingerprint density at radius 3 is 1.73 bits per heavy atom. The van der Waals surface area contributed by atoms with Crippen molar-refractivity contribution in [2.45, 2.75) is 73.0 Å². The van der Waals surface area contributed by atoms with E-state index in [9.17, 15) is 0 Å². The van der Waals surface area contributed by atoms with Crippen molar-refractivity contribution in [1.29, 1.82) is 0 Å².